The topological polar surface area (TPSA) is 20.2 Å². The molecule has 0 fully saturated rings. The number of benzene rings is 2. The zero-order valence-corrected chi connectivity index (χ0v) is 13.5. The molecule has 112 valence electrons. The number of aliphatic hydroxyl groups is 1. The summed E-state index contributed by atoms with van der Waals surface area (Å²) in [5.41, 5.74) is 4.55. The molecule has 0 radical (unpaired) electrons. The van der Waals surface area contributed by atoms with Crippen LogP contribution in [0.1, 0.15) is 74.3 Å². The zero-order chi connectivity index (χ0) is 15.4. The average Bonchev–Trinajstić information content (AvgIpc) is 2.53. The maximum atomic E-state index is 10.5. The van der Waals surface area contributed by atoms with Gasteiger partial charge in [-0.3, -0.25) is 0 Å². The van der Waals surface area contributed by atoms with E-state index in [9.17, 15) is 5.11 Å². The molecule has 0 aliphatic rings. The van der Waals surface area contributed by atoms with E-state index in [1.165, 1.54) is 11.1 Å². The summed E-state index contributed by atoms with van der Waals surface area (Å²) in [6.07, 6.45) is 0.593. The van der Waals surface area contributed by atoms with Gasteiger partial charge in [0.15, 0.2) is 0 Å². The lowest BCUT2D eigenvalue weighted by atomic mass is 9.94. The van der Waals surface area contributed by atoms with Gasteiger partial charge in [-0.05, 0) is 40.5 Å². The lowest BCUT2D eigenvalue weighted by molar-refractivity contribution is 0.220. The third-order valence-electron chi connectivity index (χ3n) is 4.35. The molecule has 1 heteroatoms. The molecule has 21 heavy (non-hydrogen) atoms. The summed E-state index contributed by atoms with van der Waals surface area (Å²) >= 11 is 0. The normalized spacial score (nSPS) is 14.2. The van der Waals surface area contributed by atoms with Crippen LogP contribution in [0.2, 0.25) is 0 Å². The zero-order valence-electron chi connectivity index (χ0n) is 13.5. The van der Waals surface area contributed by atoms with Gasteiger partial charge in [-0.2, -0.15) is 0 Å². The number of aliphatic hydroxyl groups excluding tert-OH is 1. The smallest absolute Gasteiger partial charge is 0.104 e. The van der Waals surface area contributed by atoms with E-state index in [0.29, 0.717) is 11.8 Å². The van der Waals surface area contributed by atoms with Crippen molar-refractivity contribution in [1.29, 1.82) is 0 Å². The van der Waals surface area contributed by atoms with E-state index in [4.69, 9.17) is 0 Å². The van der Waals surface area contributed by atoms with Gasteiger partial charge in [0.2, 0.25) is 0 Å². The minimum absolute atomic E-state index is 0.519. The molecule has 0 amide bonds. The Kier molecular flexibility index (Phi) is 5.19. The van der Waals surface area contributed by atoms with Gasteiger partial charge in [-0.25, -0.2) is 0 Å². The Morgan fingerprint density at radius 3 is 1.48 bits per heavy atom. The largest absolute Gasteiger partial charge is 0.384 e. The first-order chi connectivity index (χ1) is 10.0. The Balaban J connectivity index is 2.17. The molecule has 0 saturated carbocycles. The average molecular weight is 282 g/mol. The summed E-state index contributed by atoms with van der Waals surface area (Å²) in [4.78, 5) is 0. The first kappa shape index (κ1) is 15.8. The molecular weight excluding hydrogens is 256 g/mol. The molecule has 2 atom stereocenters. The van der Waals surface area contributed by atoms with E-state index < -0.39 is 6.10 Å². The van der Waals surface area contributed by atoms with Crippen molar-refractivity contribution >= 4 is 0 Å². The second-order valence-corrected chi connectivity index (χ2v) is 6.20. The highest BCUT2D eigenvalue weighted by Gasteiger charge is 2.11. The van der Waals surface area contributed by atoms with Crippen molar-refractivity contribution in [2.45, 2.75) is 52.1 Å². The minimum atomic E-state index is -0.544. The van der Waals surface area contributed by atoms with Gasteiger partial charge < -0.3 is 5.11 Å². The summed E-state index contributed by atoms with van der Waals surface area (Å²) in [7, 11) is 0. The van der Waals surface area contributed by atoms with E-state index in [1.54, 1.807) is 0 Å². The van der Waals surface area contributed by atoms with Crippen LogP contribution in [0.3, 0.4) is 0 Å². The van der Waals surface area contributed by atoms with E-state index in [0.717, 1.165) is 17.5 Å². The van der Waals surface area contributed by atoms with Crippen LogP contribution in [-0.4, -0.2) is 5.11 Å². The summed E-state index contributed by atoms with van der Waals surface area (Å²) in [5.74, 6) is 1.09. The van der Waals surface area contributed by atoms with Crippen LogP contribution < -0.4 is 0 Å². The van der Waals surface area contributed by atoms with Crippen molar-refractivity contribution < 1.29 is 5.11 Å². The van der Waals surface area contributed by atoms with Gasteiger partial charge in [-0.15, -0.1) is 0 Å². The number of hydrogen-bond acceptors (Lipinski definition) is 1. The van der Waals surface area contributed by atoms with Gasteiger partial charge >= 0.3 is 0 Å². The Bertz CT molecular complexity index is 551. The highest BCUT2D eigenvalue weighted by atomic mass is 16.3. The maximum Gasteiger partial charge on any atom is 0.104 e. The van der Waals surface area contributed by atoms with Crippen LogP contribution >= 0.6 is 0 Å². The van der Waals surface area contributed by atoms with Crippen molar-refractivity contribution in [2.24, 2.45) is 0 Å². The molecule has 1 nitrogen and oxygen atoms in total. The lowest BCUT2D eigenvalue weighted by Gasteiger charge is -2.15. The molecule has 0 bridgehead atoms. The van der Waals surface area contributed by atoms with Crippen LogP contribution in [-0.2, 0) is 0 Å². The van der Waals surface area contributed by atoms with E-state index in [2.05, 4.69) is 52.0 Å². The van der Waals surface area contributed by atoms with Crippen molar-refractivity contribution in [2.75, 3.05) is 0 Å². The Morgan fingerprint density at radius 2 is 1.10 bits per heavy atom. The molecule has 0 spiro atoms. The molecule has 2 rings (SSSR count). The van der Waals surface area contributed by atoms with Gasteiger partial charge in [0, 0.05) is 0 Å². The molecule has 2 unspecified atom stereocenters. The van der Waals surface area contributed by atoms with Crippen LogP contribution in [0.5, 0.6) is 0 Å². The summed E-state index contributed by atoms with van der Waals surface area (Å²) in [6, 6.07) is 16.6. The second-order valence-electron chi connectivity index (χ2n) is 6.20. The summed E-state index contributed by atoms with van der Waals surface area (Å²) < 4.78 is 0. The highest BCUT2D eigenvalue weighted by molar-refractivity contribution is 5.34. The molecule has 0 heterocycles. The first-order valence-electron chi connectivity index (χ1n) is 7.90. The van der Waals surface area contributed by atoms with Crippen LogP contribution in [0, 0.1) is 0 Å². The lowest BCUT2D eigenvalue weighted by Crippen LogP contribution is -2.01. The maximum absolute atomic E-state index is 10.5. The quantitative estimate of drug-likeness (QED) is 0.778. The fraction of sp³-hybridized carbons (Fsp3) is 0.400. The standard InChI is InChI=1S/C20H26O/c1-5-15(4)17-8-12-19(13-9-17)20(21)18-10-6-16(7-11-18)14(2)3/h6-15,20-21H,5H2,1-4H3. The van der Waals surface area contributed by atoms with Gasteiger partial charge in [0.25, 0.3) is 0 Å². The molecule has 1 N–H and O–H groups in total. The molecule has 0 aliphatic carbocycles. The first-order valence-corrected chi connectivity index (χ1v) is 7.90. The monoisotopic (exact) mass is 282 g/mol. The molecule has 0 saturated heterocycles. The van der Waals surface area contributed by atoms with Crippen molar-refractivity contribution in [3.05, 3.63) is 70.8 Å². The Morgan fingerprint density at radius 1 is 0.714 bits per heavy atom. The van der Waals surface area contributed by atoms with Crippen molar-refractivity contribution in [3.8, 4) is 0 Å². The Hall–Kier alpha value is -1.60. The number of hydrogen-bond donors (Lipinski definition) is 1. The van der Waals surface area contributed by atoms with E-state index >= 15 is 0 Å². The van der Waals surface area contributed by atoms with E-state index in [1.807, 2.05) is 24.3 Å². The van der Waals surface area contributed by atoms with Crippen molar-refractivity contribution in [1.82, 2.24) is 0 Å². The Labute approximate surface area is 128 Å². The van der Waals surface area contributed by atoms with Crippen LogP contribution in [0.25, 0.3) is 0 Å². The van der Waals surface area contributed by atoms with Gasteiger partial charge in [-0.1, -0.05) is 76.2 Å². The van der Waals surface area contributed by atoms with Gasteiger partial charge in [0.1, 0.15) is 6.10 Å². The van der Waals surface area contributed by atoms with E-state index in [-0.39, 0.29) is 0 Å². The fourth-order valence-electron chi connectivity index (χ4n) is 2.50. The number of rotatable bonds is 5. The molecule has 0 aromatic heterocycles. The SMILES string of the molecule is CCC(C)c1ccc(C(O)c2ccc(C(C)C)cc2)cc1. The predicted molar refractivity (Wildman–Crippen MR) is 89.7 cm³/mol. The van der Waals surface area contributed by atoms with Crippen molar-refractivity contribution in [3.63, 3.8) is 0 Å². The van der Waals surface area contributed by atoms with Crippen LogP contribution in [0.15, 0.2) is 48.5 Å². The highest BCUT2D eigenvalue weighted by Crippen LogP contribution is 2.26. The molecule has 2 aromatic rings. The summed E-state index contributed by atoms with van der Waals surface area (Å²) in [5, 5.41) is 10.5. The second kappa shape index (κ2) is 6.91. The molecule has 0 aliphatic heterocycles. The summed E-state index contributed by atoms with van der Waals surface area (Å²) in [6.45, 7) is 8.79. The predicted octanol–water partition coefficient (Wildman–Crippen LogP) is 5.41. The molecular formula is C20H26O. The third-order valence-corrected chi connectivity index (χ3v) is 4.35. The minimum Gasteiger partial charge on any atom is -0.384 e. The van der Waals surface area contributed by atoms with Gasteiger partial charge in [0.05, 0.1) is 0 Å². The third kappa shape index (κ3) is 3.74. The van der Waals surface area contributed by atoms with Crippen LogP contribution in [0.4, 0.5) is 0 Å². The fourth-order valence-corrected chi connectivity index (χ4v) is 2.50. The molecule has 2 aromatic carbocycles.